The molecule has 2 heterocycles. The number of anilines is 1. The zero-order valence-corrected chi connectivity index (χ0v) is 17.0. The number of hydrogen-bond acceptors (Lipinski definition) is 6. The second-order valence-electron chi connectivity index (χ2n) is 6.88. The van der Waals surface area contributed by atoms with Crippen molar-refractivity contribution >= 4 is 11.9 Å². The second-order valence-corrected chi connectivity index (χ2v) is 6.88. The van der Waals surface area contributed by atoms with E-state index in [4.69, 9.17) is 9.47 Å². The van der Waals surface area contributed by atoms with E-state index in [0.29, 0.717) is 29.6 Å². The first-order valence-corrected chi connectivity index (χ1v) is 9.53. The lowest BCUT2D eigenvalue weighted by Crippen LogP contribution is -2.34. The first-order valence-electron chi connectivity index (χ1n) is 9.53. The Morgan fingerprint density at radius 2 is 1.90 bits per heavy atom. The van der Waals surface area contributed by atoms with Gasteiger partial charge >= 0.3 is 0 Å². The minimum absolute atomic E-state index is 0.176. The van der Waals surface area contributed by atoms with Gasteiger partial charge in [-0.25, -0.2) is 4.68 Å². The highest BCUT2D eigenvalue weighted by molar-refractivity contribution is 5.96. The van der Waals surface area contributed by atoms with Crippen LogP contribution in [0.25, 0.3) is 0 Å². The number of carbonyl (C=O) groups excluding carboxylic acids is 1. The highest BCUT2D eigenvalue weighted by Crippen LogP contribution is 2.38. The van der Waals surface area contributed by atoms with E-state index in [1.165, 1.54) is 6.33 Å². The Morgan fingerprint density at radius 3 is 2.63 bits per heavy atom. The SMILES string of the molecule is COc1ccc([C@H]2C(C(=O)NCc3ccccc3)=C(C)Nc3ncnn32)cc1OC. The van der Waals surface area contributed by atoms with E-state index in [-0.39, 0.29) is 5.91 Å². The molecule has 1 atom stereocenters. The highest BCUT2D eigenvalue weighted by Gasteiger charge is 2.33. The van der Waals surface area contributed by atoms with Crippen molar-refractivity contribution in [3.05, 3.63) is 77.3 Å². The van der Waals surface area contributed by atoms with Crippen molar-refractivity contribution in [2.45, 2.75) is 19.5 Å². The van der Waals surface area contributed by atoms with Crippen LogP contribution in [-0.4, -0.2) is 34.9 Å². The number of allylic oxidation sites excluding steroid dienone is 1. The van der Waals surface area contributed by atoms with E-state index < -0.39 is 6.04 Å². The molecule has 0 fully saturated rings. The number of aromatic nitrogens is 3. The lowest BCUT2D eigenvalue weighted by molar-refractivity contribution is -0.118. The van der Waals surface area contributed by atoms with Crippen LogP contribution in [0.2, 0.25) is 0 Å². The molecule has 1 amide bonds. The van der Waals surface area contributed by atoms with Crippen LogP contribution in [0.15, 0.2) is 66.1 Å². The van der Waals surface area contributed by atoms with Gasteiger partial charge in [-0.15, -0.1) is 0 Å². The van der Waals surface area contributed by atoms with Crippen molar-refractivity contribution < 1.29 is 14.3 Å². The summed E-state index contributed by atoms with van der Waals surface area (Å²) in [6.07, 6.45) is 1.47. The van der Waals surface area contributed by atoms with E-state index >= 15 is 0 Å². The summed E-state index contributed by atoms with van der Waals surface area (Å²) in [4.78, 5) is 17.5. The van der Waals surface area contributed by atoms with Crippen molar-refractivity contribution in [2.24, 2.45) is 0 Å². The average molecular weight is 405 g/mol. The molecule has 8 nitrogen and oxygen atoms in total. The van der Waals surface area contributed by atoms with E-state index in [1.807, 2.05) is 55.5 Å². The summed E-state index contributed by atoms with van der Waals surface area (Å²) in [5, 5.41) is 10.5. The molecule has 1 aliphatic rings. The normalized spacial score (nSPS) is 15.2. The van der Waals surface area contributed by atoms with Crippen molar-refractivity contribution in [1.29, 1.82) is 0 Å². The van der Waals surface area contributed by atoms with Gasteiger partial charge in [0.2, 0.25) is 5.95 Å². The van der Waals surface area contributed by atoms with E-state index in [1.54, 1.807) is 18.9 Å². The van der Waals surface area contributed by atoms with Crippen molar-refractivity contribution in [3.63, 3.8) is 0 Å². The first kappa shape index (κ1) is 19.5. The van der Waals surface area contributed by atoms with Crippen molar-refractivity contribution in [2.75, 3.05) is 19.5 Å². The largest absolute Gasteiger partial charge is 0.493 e. The summed E-state index contributed by atoms with van der Waals surface area (Å²) >= 11 is 0. The van der Waals surface area contributed by atoms with E-state index in [2.05, 4.69) is 20.7 Å². The third-order valence-electron chi connectivity index (χ3n) is 5.06. The molecule has 1 aromatic heterocycles. The molecule has 2 aromatic carbocycles. The molecular weight excluding hydrogens is 382 g/mol. The highest BCUT2D eigenvalue weighted by atomic mass is 16.5. The van der Waals surface area contributed by atoms with Crippen LogP contribution >= 0.6 is 0 Å². The third kappa shape index (κ3) is 3.59. The smallest absolute Gasteiger partial charge is 0.251 e. The molecule has 2 N–H and O–H groups in total. The fourth-order valence-corrected chi connectivity index (χ4v) is 3.59. The van der Waals surface area contributed by atoms with Crippen LogP contribution in [-0.2, 0) is 11.3 Å². The molecule has 4 rings (SSSR count). The molecule has 0 radical (unpaired) electrons. The maximum absolute atomic E-state index is 13.2. The van der Waals surface area contributed by atoms with Crippen LogP contribution in [0.4, 0.5) is 5.95 Å². The van der Waals surface area contributed by atoms with Crippen LogP contribution in [0, 0.1) is 0 Å². The van der Waals surface area contributed by atoms with Gasteiger partial charge in [-0.1, -0.05) is 36.4 Å². The fraction of sp³-hybridized carbons (Fsp3) is 0.227. The van der Waals surface area contributed by atoms with Crippen molar-refractivity contribution in [1.82, 2.24) is 20.1 Å². The van der Waals surface area contributed by atoms with Gasteiger partial charge in [0.15, 0.2) is 11.5 Å². The number of benzene rings is 2. The fourth-order valence-electron chi connectivity index (χ4n) is 3.59. The van der Waals surface area contributed by atoms with Gasteiger partial charge in [0.25, 0.3) is 5.91 Å². The summed E-state index contributed by atoms with van der Waals surface area (Å²) in [7, 11) is 3.17. The van der Waals surface area contributed by atoms with Crippen LogP contribution < -0.4 is 20.1 Å². The van der Waals surface area contributed by atoms with Gasteiger partial charge in [0.1, 0.15) is 12.4 Å². The molecule has 30 heavy (non-hydrogen) atoms. The zero-order chi connectivity index (χ0) is 21.1. The summed E-state index contributed by atoms with van der Waals surface area (Å²) in [5.41, 5.74) is 3.15. The van der Waals surface area contributed by atoms with Crippen molar-refractivity contribution in [3.8, 4) is 11.5 Å². The molecule has 0 saturated carbocycles. The Balaban J connectivity index is 1.71. The molecule has 0 aliphatic carbocycles. The predicted molar refractivity (Wildman–Crippen MR) is 112 cm³/mol. The average Bonchev–Trinajstić information content (AvgIpc) is 3.24. The number of fused-ring (bicyclic) bond motifs is 1. The molecule has 0 saturated heterocycles. The Labute approximate surface area is 174 Å². The Hall–Kier alpha value is -3.81. The zero-order valence-electron chi connectivity index (χ0n) is 17.0. The topological polar surface area (TPSA) is 90.3 Å². The Bertz CT molecular complexity index is 1090. The summed E-state index contributed by atoms with van der Waals surface area (Å²) < 4.78 is 12.5. The number of ether oxygens (including phenoxy) is 2. The Morgan fingerprint density at radius 1 is 1.13 bits per heavy atom. The van der Waals surface area contributed by atoms with Crippen LogP contribution in [0.1, 0.15) is 24.1 Å². The van der Waals surface area contributed by atoms with Crippen LogP contribution in [0.3, 0.4) is 0 Å². The van der Waals surface area contributed by atoms with Gasteiger partial charge in [0, 0.05) is 12.2 Å². The van der Waals surface area contributed by atoms with Gasteiger partial charge in [-0.2, -0.15) is 10.1 Å². The lowest BCUT2D eigenvalue weighted by atomic mass is 9.94. The first-order chi connectivity index (χ1) is 14.6. The third-order valence-corrected chi connectivity index (χ3v) is 5.06. The maximum atomic E-state index is 13.2. The monoisotopic (exact) mass is 405 g/mol. The standard InChI is InChI=1S/C22H23N5O3/c1-14-19(21(28)23-12-15-7-5-4-6-8-15)20(27-22(26-14)24-13-25-27)16-9-10-17(29-2)18(11-16)30-3/h4-11,13,20H,12H2,1-3H3,(H,23,28)(H,24,25,26)/t20-/m0/s1. The lowest BCUT2D eigenvalue weighted by Gasteiger charge is -2.29. The number of carbonyl (C=O) groups is 1. The number of hydrogen-bond donors (Lipinski definition) is 2. The molecule has 154 valence electrons. The molecule has 1 aliphatic heterocycles. The molecule has 8 heteroatoms. The Kier molecular flexibility index (Phi) is 5.38. The number of nitrogens with one attached hydrogen (secondary N) is 2. The van der Waals surface area contributed by atoms with Gasteiger partial charge in [0.05, 0.1) is 19.8 Å². The number of rotatable bonds is 6. The molecule has 3 aromatic rings. The molecule has 0 bridgehead atoms. The summed E-state index contributed by atoms with van der Waals surface area (Å²) in [6, 6.07) is 14.9. The summed E-state index contributed by atoms with van der Waals surface area (Å²) in [6.45, 7) is 2.29. The predicted octanol–water partition coefficient (Wildman–Crippen LogP) is 2.90. The number of methoxy groups -OCH3 is 2. The maximum Gasteiger partial charge on any atom is 0.251 e. The minimum Gasteiger partial charge on any atom is -0.493 e. The second kappa shape index (κ2) is 8.28. The van der Waals surface area contributed by atoms with Gasteiger partial charge in [-0.3, -0.25) is 4.79 Å². The molecule has 0 spiro atoms. The molecular formula is C22H23N5O3. The van der Waals surface area contributed by atoms with E-state index in [0.717, 1.165) is 16.8 Å². The van der Waals surface area contributed by atoms with E-state index in [9.17, 15) is 4.79 Å². The van der Waals surface area contributed by atoms with Gasteiger partial charge in [-0.05, 0) is 30.2 Å². The van der Waals surface area contributed by atoms with Gasteiger partial charge < -0.3 is 20.1 Å². The quantitative estimate of drug-likeness (QED) is 0.655. The molecule has 0 unspecified atom stereocenters. The van der Waals surface area contributed by atoms with Crippen LogP contribution in [0.5, 0.6) is 11.5 Å². The number of amides is 1. The number of nitrogens with zero attached hydrogens (tertiary/aromatic N) is 3. The minimum atomic E-state index is -0.459. The summed E-state index contributed by atoms with van der Waals surface area (Å²) in [5.74, 6) is 1.60.